The first kappa shape index (κ1) is 12.0. The van der Waals surface area contributed by atoms with E-state index in [1.54, 1.807) is 12.5 Å². The topological polar surface area (TPSA) is 39.4 Å². The van der Waals surface area contributed by atoms with Crippen LogP contribution in [0, 0.1) is 5.92 Å². The highest BCUT2D eigenvalue weighted by Crippen LogP contribution is 2.22. The van der Waals surface area contributed by atoms with Gasteiger partial charge in [0.25, 0.3) is 0 Å². The minimum atomic E-state index is 0.255. The van der Waals surface area contributed by atoms with Gasteiger partial charge in [-0.1, -0.05) is 26.0 Å². The molecule has 1 aliphatic heterocycles. The van der Waals surface area contributed by atoms with Gasteiger partial charge in [-0.05, 0) is 18.1 Å². The van der Waals surface area contributed by atoms with Gasteiger partial charge < -0.3 is 9.30 Å². The van der Waals surface area contributed by atoms with E-state index in [2.05, 4.69) is 23.8 Å². The van der Waals surface area contributed by atoms with Crippen LogP contribution in [0.3, 0.4) is 0 Å². The van der Waals surface area contributed by atoms with Crippen molar-refractivity contribution in [2.45, 2.75) is 19.9 Å². The van der Waals surface area contributed by atoms with E-state index in [1.807, 2.05) is 35.0 Å². The van der Waals surface area contributed by atoms with E-state index in [-0.39, 0.29) is 6.04 Å². The molecule has 0 N–H and O–H groups in total. The number of hydrogen-bond donors (Lipinski definition) is 0. The van der Waals surface area contributed by atoms with Crippen molar-refractivity contribution in [1.29, 1.82) is 0 Å². The summed E-state index contributed by atoms with van der Waals surface area (Å²) in [6.45, 7) is 5.01. The lowest BCUT2D eigenvalue weighted by atomic mass is 10.1. The van der Waals surface area contributed by atoms with Crippen LogP contribution in [-0.4, -0.2) is 28.1 Å². The third-order valence-corrected chi connectivity index (χ3v) is 3.36. The van der Waals surface area contributed by atoms with Crippen LogP contribution in [0.4, 0.5) is 0 Å². The Morgan fingerprint density at radius 2 is 2.16 bits per heavy atom. The van der Waals surface area contributed by atoms with Gasteiger partial charge in [0.1, 0.15) is 6.61 Å². The van der Waals surface area contributed by atoms with E-state index in [0.717, 1.165) is 17.1 Å². The molecule has 0 saturated heterocycles. The molecule has 0 spiro atoms. The lowest BCUT2D eigenvalue weighted by Crippen LogP contribution is -2.13. The molecule has 19 heavy (non-hydrogen) atoms. The van der Waals surface area contributed by atoms with Crippen molar-refractivity contribution in [3.63, 3.8) is 0 Å². The van der Waals surface area contributed by atoms with Crippen molar-refractivity contribution < 1.29 is 4.74 Å². The predicted octanol–water partition coefficient (Wildman–Crippen LogP) is 2.67. The summed E-state index contributed by atoms with van der Waals surface area (Å²) in [7, 11) is 0. The normalized spacial score (nSPS) is 18.5. The number of para-hydroxylation sites is 1. The second-order valence-electron chi connectivity index (χ2n) is 5.04. The molecular weight excluding hydrogens is 238 g/mol. The number of benzene rings is 1. The molecule has 0 bridgehead atoms. The maximum atomic E-state index is 5.77. The van der Waals surface area contributed by atoms with Crippen molar-refractivity contribution in [2.24, 2.45) is 10.9 Å². The van der Waals surface area contributed by atoms with Crippen LogP contribution in [0.25, 0.3) is 5.69 Å². The Morgan fingerprint density at radius 1 is 1.32 bits per heavy atom. The molecule has 0 unspecified atom stereocenters. The highest BCUT2D eigenvalue weighted by molar-refractivity contribution is 5.98. The largest absolute Gasteiger partial charge is 0.475 e. The van der Waals surface area contributed by atoms with Crippen molar-refractivity contribution >= 4 is 5.90 Å². The molecule has 0 fully saturated rings. The molecule has 2 aromatic rings. The molecule has 0 aliphatic carbocycles. The first-order chi connectivity index (χ1) is 9.25. The summed E-state index contributed by atoms with van der Waals surface area (Å²) in [6, 6.07) is 8.35. The summed E-state index contributed by atoms with van der Waals surface area (Å²) in [6.07, 6.45) is 5.48. The smallest absolute Gasteiger partial charge is 0.218 e. The number of ether oxygens (including phenoxy) is 1. The van der Waals surface area contributed by atoms with Crippen LogP contribution in [0.2, 0.25) is 0 Å². The van der Waals surface area contributed by atoms with E-state index < -0.39 is 0 Å². The Bertz CT molecular complexity index is 587. The number of aromatic nitrogens is 2. The van der Waals surface area contributed by atoms with Crippen LogP contribution < -0.4 is 0 Å². The Morgan fingerprint density at radius 3 is 2.84 bits per heavy atom. The van der Waals surface area contributed by atoms with Gasteiger partial charge in [-0.2, -0.15) is 0 Å². The summed E-state index contributed by atoms with van der Waals surface area (Å²) < 4.78 is 7.74. The number of rotatable bonds is 3. The second-order valence-corrected chi connectivity index (χ2v) is 5.04. The van der Waals surface area contributed by atoms with Crippen LogP contribution in [0.15, 0.2) is 48.0 Å². The minimum absolute atomic E-state index is 0.255. The van der Waals surface area contributed by atoms with Gasteiger partial charge in [-0.25, -0.2) is 9.98 Å². The van der Waals surface area contributed by atoms with Gasteiger partial charge in [0.2, 0.25) is 5.90 Å². The first-order valence-electron chi connectivity index (χ1n) is 6.54. The van der Waals surface area contributed by atoms with Gasteiger partial charge in [-0.15, -0.1) is 0 Å². The van der Waals surface area contributed by atoms with Crippen molar-refractivity contribution in [2.75, 3.05) is 6.61 Å². The summed E-state index contributed by atoms with van der Waals surface area (Å²) in [5.74, 6) is 1.24. The standard InChI is InChI=1S/C15H17N3O/c1-11(2)13-9-19-15(17-13)12-5-3-4-6-14(12)18-8-7-16-10-18/h3-8,10-11,13H,9H2,1-2H3/t13-/m1/s1. The third kappa shape index (κ3) is 2.26. The predicted molar refractivity (Wildman–Crippen MR) is 74.7 cm³/mol. The van der Waals surface area contributed by atoms with Crippen molar-refractivity contribution in [3.05, 3.63) is 48.5 Å². The molecule has 1 aliphatic rings. The monoisotopic (exact) mass is 255 g/mol. The Kier molecular flexibility index (Phi) is 3.07. The van der Waals surface area contributed by atoms with Gasteiger partial charge in [0, 0.05) is 12.4 Å². The van der Waals surface area contributed by atoms with Crippen LogP contribution in [0.5, 0.6) is 0 Å². The number of hydrogen-bond acceptors (Lipinski definition) is 3. The molecule has 4 heteroatoms. The van der Waals surface area contributed by atoms with E-state index in [0.29, 0.717) is 12.5 Å². The quantitative estimate of drug-likeness (QED) is 0.846. The number of nitrogens with zero attached hydrogens (tertiary/aromatic N) is 3. The molecule has 3 rings (SSSR count). The van der Waals surface area contributed by atoms with Crippen molar-refractivity contribution in [3.8, 4) is 5.69 Å². The van der Waals surface area contributed by atoms with Gasteiger partial charge >= 0.3 is 0 Å². The molecule has 0 radical (unpaired) electrons. The van der Waals surface area contributed by atoms with E-state index in [4.69, 9.17) is 4.74 Å². The summed E-state index contributed by atoms with van der Waals surface area (Å²) in [4.78, 5) is 8.78. The zero-order valence-electron chi connectivity index (χ0n) is 11.2. The second kappa shape index (κ2) is 4.88. The minimum Gasteiger partial charge on any atom is -0.475 e. The Balaban J connectivity index is 2.00. The zero-order chi connectivity index (χ0) is 13.2. The molecule has 0 saturated carbocycles. The first-order valence-corrected chi connectivity index (χ1v) is 6.54. The lowest BCUT2D eigenvalue weighted by molar-refractivity contribution is 0.292. The van der Waals surface area contributed by atoms with E-state index >= 15 is 0 Å². The number of imidazole rings is 1. The average molecular weight is 255 g/mol. The Labute approximate surface area is 112 Å². The average Bonchev–Trinajstić information content (AvgIpc) is 3.10. The highest BCUT2D eigenvalue weighted by atomic mass is 16.5. The third-order valence-electron chi connectivity index (χ3n) is 3.36. The summed E-state index contributed by atoms with van der Waals surface area (Å²) in [5, 5.41) is 0. The van der Waals surface area contributed by atoms with Gasteiger partial charge in [0.05, 0.1) is 23.6 Å². The molecule has 98 valence electrons. The van der Waals surface area contributed by atoms with Gasteiger partial charge in [0.15, 0.2) is 0 Å². The molecular formula is C15H17N3O. The van der Waals surface area contributed by atoms with Crippen LogP contribution in [0.1, 0.15) is 19.4 Å². The van der Waals surface area contributed by atoms with Gasteiger partial charge in [-0.3, -0.25) is 0 Å². The van der Waals surface area contributed by atoms with Crippen LogP contribution in [-0.2, 0) is 4.74 Å². The lowest BCUT2D eigenvalue weighted by Gasteiger charge is -2.09. The highest BCUT2D eigenvalue weighted by Gasteiger charge is 2.24. The zero-order valence-corrected chi connectivity index (χ0v) is 11.2. The molecule has 1 aromatic carbocycles. The SMILES string of the molecule is CC(C)[C@H]1COC(c2ccccc2-n2ccnc2)=N1. The van der Waals surface area contributed by atoms with E-state index in [1.165, 1.54) is 0 Å². The fourth-order valence-corrected chi connectivity index (χ4v) is 2.16. The molecule has 1 aromatic heterocycles. The maximum Gasteiger partial charge on any atom is 0.218 e. The summed E-state index contributed by atoms with van der Waals surface area (Å²) >= 11 is 0. The fraction of sp³-hybridized carbons (Fsp3) is 0.333. The molecule has 2 heterocycles. The van der Waals surface area contributed by atoms with Crippen LogP contribution >= 0.6 is 0 Å². The van der Waals surface area contributed by atoms with Crippen molar-refractivity contribution in [1.82, 2.24) is 9.55 Å². The molecule has 1 atom stereocenters. The van der Waals surface area contributed by atoms with E-state index in [9.17, 15) is 0 Å². The molecule has 0 amide bonds. The summed E-state index contributed by atoms with van der Waals surface area (Å²) in [5.41, 5.74) is 2.06. The maximum absolute atomic E-state index is 5.77. The molecule has 4 nitrogen and oxygen atoms in total. The Hall–Kier alpha value is -2.10. The number of aliphatic imine (C=N–C) groups is 1. The fourth-order valence-electron chi connectivity index (χ4n) is 2.16.